The number of hydrogen-bond donors (Lipinski definition) is 4. The number of halogens is 2. The molecule has 1 heterocycles. The van der Waals surface area contributed by atoms with Gasteiger partial charge in [-0.05, 0) is 48.6 Å². The Bertz CT molecular complexity index is 1410. The fourth-order valence-electron chi connectivity index (χ4n) is 4.61. The van der Waals surface area contributed by atoms with Crippen molar-refractivity contribution in [1.82, 2.24) is 15.6 Å². The Morgan fingerprint density at radius 1 is 1.13 bits per heavy atom. The maximum Gasteiger partial charge on any atom is 0.250 e. The van der Waals surface area contributed by atoms with Gasteiger partial charge in [-0.3, -0.25) is 19.4 Å². The number of pyridine rings is 1. The molecule has 0 aliphatic rings. The Morgan fingerprint density at radius 2 is 1.80 bits per heavy atom. The predicted molar refractivity (Wildman–Crippen MR) is 173 cm³/mol. The Kier molecular flexibility index (Phi) is 16.0. The number of carbonyl (C=O) groups excluding carboxylic acids is 3. The molecule has 4 unspecified atom stereocenters. The summed E-state index contributed by atoms with van der Waals surface area (Å²) in [5.41, 5.74) is 5.24. The van der Waals surface area contributed by atoms with Crippen LogP contribution in [0.4, 0.5) is 8.78 Å². The van der Waals surface area contributed by atoms with Crippen molar-refractivity contribution >= 4 is 39.3 Å². The van der Waals surface area contributed by atoms with Crippen molar-refractivity contribution in [1.29, 1.82) is 0 Å². The zero-order valence-electron chi connectivity index (χ0n) is 26.5. The molecule has 0 saturated heterocycles. The van der Waals surface area contributed by atoms with Crippen molar-refractivity contribution in [2.45, 2.75) is 63.3 Å². The lowest BCUT2D eigenvalue weighted by atomic mass is 9.95. The highest BCUT2D eigenvalue weighted by atomic mass is 32.2. The number of primary amides is 1. The van der Waals surface area contributed by atoms with Gasteiger partial charge in [-0.2, -0.15) is 0 Å². The van der Waals surface area contributed by atoms with Crippen molar-refractivity contribution < 1.29 is 41.4 Å². The molecule has 256 valence electrons. The van der Waals surface area contributed by atoms with Gasteiger partial charge in [0.05, 0.1) is 47.4 Å². The summed E-state index contributed by atoms with van der Waals surface area (Å²) in [4.78, 5) is 43.7. The van der Waals surface area contributed by atoms with Gasteiger partial charge >= 0.3 is 0 Å². The molecule has 0 fully saturated rings. The van der Waals surface area contributed by atoms with E-state index in [1.165, 1.54) is 25.4 Å². The molecule has 3 amide bonds. The van der Waals surface area contributed by atoms with Gasteiger partial charge in [0.1, 0.15) is 16.9 Å². The maximum atomic E-state index is 14.2. The summed E-state index contributed by atoms with van der Waals surface area (Å²) in [6.07, 6.45) is 0.233. The van der Waals surface area contributed by atoms with E-state index in [9.17, 15) is 36.7 Å². The van der Waals surface area contributed by atoms with Gasteiger partial charge in [0.25, 0.3) is 5.91 Å². The second kappa shape index (κ2) is 18.9. The number of thioether (sulfide) groups is 1. The van der Waals surface area contributed by atoms with Crippen LogP contribution in [0.3, 0.4) is 0 Å². The number of benzene rings is 1. The zero-order valence-corrected chi connectivity index (χ0v) is 28.1. The van der Waals surface area contributed by atoms with Gasteiger partial charge in [-0.1, -0.05) is 27.2 Å². The number of nitrogens with zero attached hydrogens (tertiary/aromatic N) is 1. The number of ether oxygens (including phenoxy) is 1. The minimum Gasteiger partial charge on any atom is -0.389 e. The van der Waals surface area contributed by atoms with Gasteiger partial charge < -0.3 is 26.2 Å². The average Bonchev–Trinajstić information content (AvgIpc) is 2.98. The van der Waals surface area contributed by atoms with Crippen LogP contribution in [0.15, 0.2) is 36.5 Å². The summed E-state index contributed by atoms with van der Waals surface area (Å²) in [6.45, 7) is 6.12. The van der Waals surface area contributed by atoms with Crippen molar-refractivity contribution in [2.75, 3.05) is 37.5 Å². The minimum absolute atomic E-state index is 0.0628. The number of amides is 3. The third-order valence-electron chi connectivity index (χ3n) is 6.94. The number of nitrogens with two attached hydrogens (primary N) is 1. The molecular formula is C31H44F2N4O7S2. The Hall–Kier alpha value is -3.14. The lowest BCUT2D eigenvalue weighted by Gasteiger charge is -2.31. The van der Waals surface area contributed by atoms with E-state index in [4.69, 9.17) is 10.5 Å². The molecular weight excluding hydrogens is 642 g/mol. The number of hydrogen-bond acceptors (Lipinski definition) is 9. The van der Waals surface area contributed by atoms with Crippen LogP contribution in [0.5, 0.6) is 0 Å². The number of aliphatic hydroxyl groups excluding tert-OH is 1. The first-order valence-corrected chi connectivity index (χ1v) is 17.8. The highest BCUT2D eigenvalue weighted by molar-refractivity contribution is 8.00. The third-order valence-corrected chi connectivity index (χ3v) is 9.94. The summed E-state index contributed by atoms with van der Waals surface area (Å²) in [5.74, 6) is -6.32. The van der Waals surface area contributed by atoms with E-state index in [0.29, 0.717) is 25.5 Å². The second-order valence-corrected chi connectivity index (χ2v) is 14.8. The Balaban J connectivity index is 2.60. The van der Waals surface area contributed by atoms with E-state index < -0.39 is 68.3 Å². The number of rotatable bonds is 20. The number of unbranched alkanes of at least 4 members (excludes halogenated alkanes) is 1. The predicted octanol–water partition coefficient (Wildman–Crippen LogP) is 2.37. The number of aliphatic hydroxyl groups is 1. The van der Waals surface area contributed by atoms with Crippen molar-refractivity contribution in [2.24, 2.45) is 11.7 Å². The molecule has 5 N–H and O–H groups in total. The number of sulfone groups is 1. The van der Waals surface area contributed by atoms with Crippen LogP contribution in [0.25, 0.3) is 0 Å². The molecule has 0 aliphatic carbocycles. The fourth-order valence-corrected chi connectivity index (χ4v) is 7.46. The molecule has 2 rings (SSSR count). The van der Waals surface area contributed by atoms with Crippen molar-refractivity contribution in [3.63, 3.8) is 0 Å². The molecule has 1 aromatic heterocycles. The van der Waals surface area contributed by atoms with Crippen LogP contribution in [0.1, 0.15) is 61.1 Å². The fraction of sp³-hybridized carbons (Fsp3) is 0.548. The van der Waals surface area contributed by atoms with Crippen molar-refractivity contribution in [3.05, 3.63) is 65.0 Å². The molecule has 4 atom stereocenters. The van der Waals surface area contributed by atoms with E-state index in [-0.39, 0.29) is 47.3 Å². The summed E-state index contributed by atoms with van der Waals surface area (Å²) in [6, 6.07) is 4.09. The molecule has 2 aromatic rings. The highest BCUT2D eigenvalue weighted by Crippen LogP contribution is 2.25. The van der Waals surface area contributed by atoms with Gasteiger partial charge in [0, 0.05) is 31.7 Å². The molecule has 11 nitrogen and oxygen atoms in total. The first kappa shape index (κ1) is 39.0. The summed E-state index contributed by atoms with van der Waals surface area (Å²) >= 11 is 1.06. The summed E-state index contributed by atoms with van der Waals surface area (Å²) in [5, 5.41) is 15.9. The van der Waals surface area contributed by atoms with Crippen LogP contribution in [-0.2, 0) is 30.6 Å². The Morgan fingerprint density at radius 3 is 2.39 bits per heavy atom. The molecule has 0 radical (unpaired) electrons. The van der Waals surface area contributed by atoms with Crippen LogP contribution >= 0.6 is 11.8 Å². The molecule has 46 heavy (non-hydrogen) atoms. The molecule has 0 spiro atoms. The normalized spacial score (nSPS) is 14.3. The van der Waals surface area contributed by atoms with E-state index in [2.05, 4.69) is 15.6 Å². The SMILES string of the molecule is CCCCS(=O)(=O)CC(C(=O)NC(Cc1cc(F)cc(F)c1)C(O)C(SCCOC)C(=O)NCC(C)C)c1ncccc1C(N)=O. The monoisotopic (exact) mass is 686 g/mol. The summed E-state index contributed by atoms with van der Waals surface area (Å²) in [7, 11) is -2.39. The summed E-state index contributed by atoms with van der Waals surface area (Å²) < 4.78 is 59.6. The van der Waals surface area contributed by atoms with E-state index >= 15 is 0 Å². The lowest BCUT2D eigenvalue weighted by molar-refractivity contribution is -0.126. The maximum absolute atomic E-state index is 14.2. The highest BCUT2D eigenvalue weighted by Gasteiger charge is 2.38. The van der Waals surface area contributed by atoms with Crippen LogP contribution < -0.4 is 16.4 Å². The molecule has 15 heteroatoms. The zero-order chi connectivity index (χ0) is 34.4. The number of methoxy groups -OCH3 is 1. The minimum atomic E-state index is -3.86. The van der Waals surface area contributed by atoms with Gasteiger partial charge in [-0.15, -0.1) is 11.8 Å². The van der Waals surface area contributed by atoms with Crippen LogP contribution in [-0.4, -0.2) is 91.1 Å². The lowest BCUT2D eigenvalue weighted by Crippen LogP contribution is -2.54. The topological polar surface area (TPSA) is 178 Å². The van der Waals surface area contributed by atoms with E-state index in [1.54, 1.807) is 0 Å². The molecule has 1 aromatic carbocycles. The Labute approximate surface area is 273 Å². The first-order valence-electron chi connectivity index (χ1n) is 15.0. The van der Waals surface area contributed by atoms with E-state index in [0.717, 1.165) is 23.9 Å². The average molecular weight is 687 g/mol. The number of carbonyl (C=O) groups is 3. The molecule has 0 aliphatic heterocycles. The standard InChI is InChI=1S/C31H44F2N4O7S2/c1-5-6-12-46(42,43)18-24(26-23(29(34)39)8-7-9-35-26)30(40)37-25(15-20-13-21(32)16-22(33)14-20)27(38)28(45-11-10-44-4)31(41)36-17-19(2)3/h7-9,13-14,16,19,24-25,27-28,38H,5-6,10-12,15,17-18H2,1-4H3,(H2,34,39)(H,36,41)(H,37,40). The molecule has 0 bridgehead atoms. The number of nitrogens with one attached hydrogen (secondary N) is 2. The van der Waals surface area contributed by atoms with Crippen LogP contribution in [0.2, 0.25) is 0 Å². The first-order chi connectivity index (χ1) is 21.7. The smallest absolute Gasteiger partial charge is 0.250 e. The second-order valence-electron chi connectivity index (χ2n) is 11.3. The van der Waals surface area contributed by atoms with Gasteiger partial charge in [0.15, 0.2) is 9.84 Å². The van der Waals surface area contributed by atoms with Gasteiger partial charge in [0.2, 0.25) is 11.8 Å². The van der Waals surface area contributed by atoms with E-state index in [1.807, 2.05) is 20.8 Å². The number of aromatic nitrogens is 1. The quantitative estimate of drug-likeness (QED) is 0.152. The largest absolute Gasteiger partial charge is 0.389 e. The van der Waals surface area contributed by atoms with Crippen molar-refractivity contribution in [3.8, 4) is 0 Å². The van der Waals surface area contributed by atoms with Crippen LogP contribution in [0, 0.1) is 17.6 Å². The third kappa shape index (κ3) is 12.6. The van der Waals surface area contributed by atoms with Gasteiger partial charge in [-0.25, -0.2) is 17.2 Å². The molecule has 0 saturated carbocycles.